The van der Waals surface area contributed by atoms with Crippen LogP contribution in [0.3, 0.4) is 0 Å². The fraction of sp³-hybridized carbons (Fsp3) is 0.583. The van der Waals surface area contributed by atoms with Gasteiger partial charge < -0.3 is 4.43 Å². The molecule has 2 aromatic rings. The molecule has 3 heteroatoms. The molecular weight excluding hydrogens is 492 g/mol. The number of hydrogen-bond donors (Lipinski definition) is 0. The smallest absolute Gasteiger partial charge is 0.261 e. The summed E-state index contributed by atoms with van der Waals surface area (Å²) in [4.78, 5) is 13.6. The Labute approximate surface area is 237 Å². The van der Waals surface area contributed by atoms with Crippen molar-refractivity contribution in [2.75, 3.05) is 0 Å². The fourth-order valence-corrected chi connectivity index (χ4v) is 14.3. The maximum atomic E-state index is 13.6. The van der Waals surface area contributed by atoms with Gasteiger partial charge in [-0.1, -0.05) is 120 Å². The van der Waals surface area contributed by atoms with Crippen molar-refractivity contribution in [3.05, 3.63) is 71.8 Å². The second-order valence-corrected chi connectivity index (χ2v) is 19.3. The van der Waals surface area contributed by atoms with E-state index >= 15 is 0 Å². The minimum absolute atomic E-state index is 0.0131. The molecule has 0 bridgehead atoms. The van der Waals surface area contributed by atoms with Crippen molar-refractivity contribution in [1.82, 2.24) is 0 Å². The monoisotopic (exact) mass is 540 g/mol. The topological polar surface area (TPSA) is 26.3 Å². The first-order chi connectivity index (χ1) is 18.4. The number of Topliss-reactive ketones (excluding diaryl/α,β-unsaturated/α-hetero) is 1. The molecule has 0 unspecified atom stereocenters. The number of ketones is 1. The minimum Gasteiger partial charge on any atom is -0.404 e. The maximum absolute atomic E-state index is 13.6. The number of carbonyl (C=O) groups excluding carboxylic acids is 1. The van der Waals surface area contributed by atoms with Crippen molar-refractivity contribution in [3.8, 4) is 0 Å². The lowest BCUT2D eigenvalue weighted by atomic mass is 9.52. The third kappa shape index (κ3) is 3.93. The standard InChI is InChI=1S/C36H48O2Si/c1-24-18-20-35(6)23-31(36(7)21-19-28-25(2)30(37)22-29(24)32(35)33(28)36)38-39(34(3,4)5,26-14-10-8-11-15-26)27-16-12-9-13-17-27/h8-17,24-25,28-29,31H,18-23H2,1-7H3/t24-,25-,28-,29-,31-,35-,36+/m0/s1. The Kier molecular flexibility index (Phi) is 6.47. The van der Waals surface area contributed by atoms with Crippen LogP contribution in [0.4, 0.5) is 0 Å². The number of hydrogen-bond acceptors (Lipinski definition) is 2. The first kappa shape index (κ1) is 27.2. The lowest BCUT2D eigenvalue weighted by molar-refractivity contribution is -0.124. The molecule has 0 N–H and O–H groups in total. The highest BCUT2D eigenvalue weighted by Gasteiger charge is 2.63. The summed E-state index contributed by atoms with van der Waals surface area (Å²) in [5, 5.41) is 2.69. The van der Waals surface area contributed by atoms with Crippen LogP contribution in [0, 0.1) is 34.5 Å². The Morgan fingerprint density at radius 2 is 1.41 bits per heavy atom. The SMILES string of the molecule is C[C@@H]1C(=O)C[C@@H]2C3=C4[C@H]1CC[C@]4(C)[C@@H](O[Si](c1ccccc1)(c1ccccc1)C(C)(C)C)C[C@]3(C)CC[C@@H]2C. The lowest BCUT2D eigenvalue weighted by Crippen LogP contribution is -2.69. The van der Waals surface area contributed by atoms with Crippen LogP contribution >= 0.6 is 0 Å². The molecule has 2 fully saturated rings. The summed E-state index contributed by atoms with van der Waals surface area (Å²) in [6.45, 7) is 16.9. The van der Waals surface area contributed by atoms with E-state index in [1.165, 1.54) is 23.2 Å². The summed E-state index contributed by atoms with van der Waals surface area (Å²) < 4.78 is 8.00. The van der Waals surface area contributed by atoms with Crippen LogP contribution in [-0.4, -0.2) is 20.2 Å². The predicted octanol–water partition coefficient (Wildman–Crippen LogP) is 7.71. The normalized spacial score (nSPS) is 36.5. The molecule has 0 saturated heterocycles. The Balaban J connectivity index is 1.56. The third-order valence-corrected chi connectivity index (χ3v) is 16.8. The number of benzene rings is 2. The van der Waals surface area contributed by atoms with Gasteiger partial charge in [0, 0.05) is 17.8 Å². The maximum Gasteiger partial charge on any atom is 0.261 e. The molecule has 208 valence electrons. The lowest BCUT2D eigenvalue weighted by Gasteiger charge is -2.57. The van der Waals surface area contributed by atoms with E-state index in [2.05, 4.69) is 109 Å². The highest BCUT2D eigenvalue weighted by Crippen LogP contribution is 2.67. The average molecular weight is 541 g/mol. The van der Waals surface area contributed by atoms with Gasteiger partial charge in [0.15, 0.2) is 0 Å². The van der Waals surface area contributed by atoms with Gasteiger partial charge in [0.05, 0.1) is 6.10 Å². The average Bonchev–Trinajstić information content (AvgIpc) is 3.21. The van der Waals surface area contributed by atoms with Gasteiger partial charge in [0.25, 0.3) is 8.32 Å². The van der Waals surface area contributed by atoms with Crippen molar-refractivity contribution in [2.24, 2.45) is 34.5 Å². The molecule has 4 aliphatic rings. The summed E-state index contributed by atoms with van der Waals surface area (Å²) in [5.74, 6) is 2.03. The Morgan fingerprint density at radius 1 is 0.821 bits per heavy atom. The molecule has 0 radical (unpaired) electrons. The third-order valence-electron chi connectivity index (χ3n) is 11.7. The van der Waals surface area contributed by atoms with Gasteiger partial charge in [-0.05, 0) is 70.7 Å². The van der Waals surface area contributed by atoms with Crippen molar-refractivity contribution in [1.29, 1.82) is 0 Å². The van der Waals surface area contributed by atoms with Crippen LogP contribution in [0.2, 0.25) is 5.04 Å². The van der Waals surface area contributed by atoms with Gasteiger partial charge in [0.2, 0.25) is 0 Å². The molecule has 0 heterocycles. The molecule has 6 rings (SSSR count). The van der Waals surface area contributed by atoms with E-state index in [4.69, 9.17) is 4.43 Å². The van der Waals surface area contributed by atoms with Crippen LogP contribution in [0.15, 0.2) is 71.8 Å². The summed E-state index contributed by atoms with van der Waals surface area (Å²) in [7, 11) is -2.70. The summed E-state index contributed by atoms with van der Waals surface area (Å²) in [6.07, 6.45) is 6.66. The van der Waals surface area contributed by atoms with Gasteiger partial charge in [0.1, 0.15) is 5.78 Å². The highest BCUT2D eigenvalue weighted by molar-refractivity contribution is 6.99. The molecule has 0 aromatic heterocycles. The number of allylic oxidation sites excluding steroid dienone is 1. The van der Waals surface area contributed by atoms with Gasteiger partial charge >= 0.3 is 0 Å². The van der Waals surface area contributed by atoms with E-state index in [1.807, 2.05) is 0 Å². The number of rotatable bonds is 4. The molecule has 0 aliphatic heterocycles. The van der Waals surface area contributed by atoms with Crippen molar-refractivity contribution in [2.45, 2.75) is 98.1 Å². The second kappa shape index (κ2) is 9.28. The van der Waals surface area contributed by atoms with Gasteiger partial charge in [-0.25, -0.2) is 0 Å². The van der Waals surface area contributed by atoms with E-state index in [0.29, 0.717) is 23.5 Å². The van der Waals surface area contributed by atoms with E-state index in [-0.39, 0.29) is 27.9 Å². The van der Waals surface area contributed by atoms with Crippen LogP contribution in [0.1, 0.15) is 87.0 Å². The van der Waals surface area contributed by atoms with Crippen molar-refractivity contribution >= 4 is 24.5 Å². The molecular formula is C36H48O2Si. The molecule has 7 atom stereocenters. The molecule has 2 nitrogen and oxygen atoms in total. The molecule has 2 saturated carbocycles. The molecule has 2 aromatic carbocycles. The van der Waals surface area contributed by atoms with E-state index in [0.717, 1.165) is 25.7 Å². The van der Waals surface area contributed by atoms with E-state index < -0.39 is 8.32 Å². The van der Waals surface area contributed by atoms with Gasteiger partial charge in [-0.3, -0.25) is 4.79 Å². The zero-order valence-electron chi connectivity index (χ0n) is 25.2. The predicted molar refractivity (Wildman–Crippen MR) is 164 cm³/mol. The zero-order chi connectivity index (χ0) is 27.8. The van der Waals surface area contributed by atoms with E-state index in [1.54, 1.807) is 11.1 Å². The largest absolute Gasteiger partial charge is 0.404 e. The van der Waals surface area contributed by atoms with Gasteiger partial charge in [-0.15, -0.1) is 0 Å². The Hall–Kier alpha value is -1.97. The quantitative estimate of drug-likeness (QED) is 0.293. The first-order valence-electron chi connectivity index (χ1n) is 15.5. The molecule has 39 heavy (non-hydrogen) atoms. The molecule has 4 aliphatic carbocycles. The Morgan fingerprint density at radius 3 is 1.97 bits per heavy atom. The Bertz CT molecular complexity index is 1230. The van der Waals surface area contributed by atoms with E-state index in [9.17, 15) is 4.79 Å². The van der Waals surface area contributed by atoms with Crippen LogP contribution in [0.25, 0.3) is 0 Å². The van der Waals surface area contributed by atoms with Crippen LogP contribution < -0.4 is 10.4 Å². The van der Waals surface area contributed by atoms with Crippen LogP contribution in [0.5, 0.6) is 0 Å². The number of carbonyl (C=O) groups is 1. The summed E-state index contributed by atoms with van der Waals surface area (Å²) in [6, 6.07) is 22.3. The zero-order valence-corrected chi connectivity index (χ0v) is 26.2. The summed E-state index contributed by atoms with van der Waals surface area (Å²) >= 11 is 0. The molecule has 0 spiro atoms. The van der Waals surface area contributed by atoms with Crippen molar-refractivity contribution < 1.29 is 9.22 Å². The fourth-order valence-electron chi connectivity index (χ4n) is 9.49. The minimum atomic E-state index is -2.70. The summed E-state index contributed by atoms with van der Waals surface area (Å²) in [5.41, 5.74) is 3.47. The first-order valence-corrected chi connectivity index (χ1v) is 17.4. The van der Waals surface area contributed by atoms with Crippen LogP contribution in [-0.2, 0) is 9.22 Å². The van der Waals surface area contributed by atoms with Gasteiger partial charge in [-0.2, -0.15) is 0 Å². The molecule has 0 amide bonds. The van der Waals surface area contributed by atoms with Crippen molar-refractivity contribution in [3.63, 3.8) is 0 Å². The highest BCUT2D eigenvalue weighted by atomic mass is 28.4. The second-order valence-electron chi connectivity index (χ2n) is 15.0.